The van der Waals surface area contributed by atoms with E-state index < -0.39 is 5.63 Å². The molecule has 0 bridgehead atoms. The normalized spacial score (nSPS) is 11.2. The van der Waals surface area contributed by atoms with Crippen LogP contribution in [0.3, 0.4) is 0 Å². The number of benzene rings is 1. The Kier molecular flexibility index (Phi) is 6.80. The molecule has 1 N–H and O–H groups in total. The molecule has 2 aromatic rings. The van der Waals surface area contributed by atoms with Crippen LogP contribution in [0.15, 0.2) is 21.3 Å². The van der Waals surface area contributed by atoms with Gasteiger partial charge in [0.05, 0.1) is 30.6 Å². The quantitative estimate of drug-likeness (QED) is 0.578. The van der Waals surface area contributed by atoms with Crippen LogP contribution in [0.1, 0.15) is 37.0 Å². The van der Waals surface area contributed by atoms with E-state index in [-0.39, 0.29) is 18.4 Å². The summed E-state index contributed by atoms with van der Waals surface area (Å²) in [5.41, 5.74) is 1.99. The van der Waals surface area contributed by atoms with Crippen LogP contribution in [0.2, 0.25) is 0 Å². The van der Waals surface area contributed by atoms with Crippen molar-refractivity contribution in [3.05, 3.63) is 39.2 Å². The second-order valence-corrected chi connectivity index (χ2v) is 6.63. The largest absolute Gasteiger partial charge is 0.496 e. The summed E-state index contributed by atoms with van der Waals surface area (Å²) in [5, 5.41) is 3.54. The van der Waals surface area contributed by atoms with Crippen LogP contribution in [0.25, 0.3) is 11.0 Å². The Morgan fingerprint density at radius 1 is 1.27 bits per heavy atom. The Bertz CT molecular complexity index is 838. The first-order chi connectivity index (χ1) is 12.3. The van der Waals surface area contributed by atoms with Gasteiger partial charge in [0.15, 0.2) is 0 Å². The van der Waals surface area contributed by atoms with Gasteiger partial charge < -0.3 is 19.2 Å². The summed E-state index contributed by atoms with van der Waals surface area (Å²) in [6, 6.07) is 3.68. The molecule has 1 heterocycles. The molecule has 1 aromatic heterocycles. The number of methoxy groups -OCH3 is 1. The maximum absolute atomic E-state index is 12.3. The lowest BCUT2D eigenvalue weighted by Gasteiger charge is -2.12. The number of hydrogen-bond acceptors (Lipinski definition) is 5. The minimum Gasteiger partial charge on any atom is -0.496 e. The molecule has 0 unspecified atom stereocenters. The van der Waals surface area contributed by atoms with Crippen molar-refractivity contribution < 1.29 is 18.7 Å². The molecule has 0 fully saturated rings. The zero-order valence-electron chi connectivity index (χ0n) is 16.1. The summed E-state index contributed by atoms with van der Waals surface area (Å²) in [4.78, 5) is 24.5. The molecule has 6 heteroatoms. The molecule has 0 saturated carbocycles. The van der Waals surface area contributed by atoms with Crippen LogP contribution < -0.4 is 15.7 Å². The van der Waals surface area contributed by atoms with Crippen LogP contribution in [-0.4, -0.2) is 32.3 Å². The molecule has 0 aliphatic heterocycles. The average molecular weight is 361 g/mol. The molecule has 0 aliphatic carbocycles. The predicted octanol–water partition coefficient (Wildman–Crippen LogP) is 2.89. The molecule has 0 aliphatic rings. The van der Waals surface area contributed by atoms with Crippen molar-refractivity contribution in [2.45, 2.75) is 46.6 Å². The molecular weight excluding hydrogens is 334 g/mol. The molecule has 1 amide bonds. The molecular formula is C20H27NO5. The highest BCUT2D eigenvalue weighted by Gasteiger charge is 2.17. The van der Waals surface area contributed by atoms with Crippen molar-refractivity contribution in [2.75, 3.05) is 20.3 Å². The van der Waals surface area contributed by atoms with Gasteiger partial charge >= 0.3 is 5.63 Å². The van der Waals surface area contributed by atoms with E-state index in [9.17, 15) is 9.59 Å². The Balaban J connectivity index is 2.15. The van der Waals surface area contributed by atoms with Gasteiger partial charge in [-0.2, -0.15) is 0 Å². The third-order valence-electron chi connectivity index (χ3n) is 4.14. The maximum Gasteiger partial charge on any atom is 0.340 e. The van der Waals surface area contributed by atoms with Gasteiger partial charge in [-0.1, -0.05) is 0 Å². The maximum atomic E-state index is 12.3. The molecule has 6 nitrogen and oxygen atoms in total. The van der Waals surface area contributed by atoms with Crippen LogP contribution in [0, 0.1) is 13.8 Å². The standard InChI is InChI=1S/C20H27NO5/c1-12(2)25-8-6-7-21-18(22)11-15-14(4)19-16(24-5)9-13(3)10-17(19)26-20(15)23/h9-10,12H,6-8,11H2,1-5H3,(H,21,22). The second kappa shape index (κ2) is 8.85. The zero-order chi connectivity index (χ0) is 19.3. The van der Waals surface area contributed by atoms with Crippen LogP contribution >= 0.6 is 0 Å². The third-order valence-corrected chi connectivity index (χ3v) is 4.14. The number of carbonyl (C=O) groups is 1. The Labute approximate surface area is 153 Å². The molecule has 0 radical (unpaired) electrons. The number of aryl methyl sites for hydroxylation is 2. The number of carbonyl (C=O) groups excluding carboxylic acids is 1. The SMILES string of the molecule is COc1cc(C)cc2oc(=O)c(CC(=O)NCCCOC(C)C)c(C)c12. The number of amides is 1. The molecule has 142 valence electrons. The first-order valence-electron chi connectivity index (χ1n) is 8.82. The van der Waals surface area contributed by atoms with Gasteiger partial charge in [0.25, 0.3) is 0 Å². The molecule has 0 saturated heterocycles. The Morgan fingerprint density at radius 3 is 2.65 bits per heavy atom. The van der Waals surface area contributed by atoms with E-state index in [1.54, 1.807) is 13.2 Å². The van der Waals surface area contributed by atoms with Crippen molar-refractivity contribution in [1.82, 2.24) is 5.32 Å². The van der Waals surface area contributed by atoms with Crippen LogP contribution in [0.5, 0.6) is 5.75 Å². The van der Waals surface area contributed by atoms with Gasteiger partial charge in [-0.3, -0.25) is 4.79 Å². The highest BCUT2D eigenvalue weighted by Crippen LogP contribution is 2.30. The Hall–Kier alpha value is -2.34. The summed E-state index contributed by atoms with van der Waals surface area (Å²) in [6.45, 7) is 8.75. The lowest BCUT2D eigenvalue weighted by Crippen LogP contribution is -2.29. The van der Waals surface area contributed by atoms with E-state index in [1.165, 1.54) is 0 Å². The van der Waals surface area contributed by atoms with Crippen molar-refractivity contribution in [3.8, 4) is 5.75 Å². The fourth-order valence-electron chi connectivity index (χ4n) is 2.84. The monoisotopic (exact) mass is 361 g/mol. The molecule has 26 heavy (non-hydrogen) atoms. The van der Waals surface area contributed by atoms with E-state index in [1.807, 2.05) is 33.8 Å². The van der Waals surface area contributed by atoms with Crippen molar-refractivity contribution >= 4 is 16.9 Å². The summed E-state index contributed by atoms with van der Waals surface area (Å²) >= 11 is 0. The summed E-state index contributed by atoms with van der Waals surface area (Å²) in [7, 11) is 1.57. The van der Waals surface area contributed by atoms with E-state index >= 15 is 0 Å². The van der Waals surface area contributed by atoms with Crippen LogP contribution in [-0.2, 0) is 16.0 Å². The van der Waals surface area contributed by atoms with Gasteiger partial charge in [0, 0.05) is 13.2 Å². The molecule has 0 spiro atoms. The first-order valence-corrected chi connectivity index (χ1v) is 8.82. The number of hydrogen-bond donors (Lipinski definition) is 1. The van der Waals surface area contributed by atoms with E-state index in [2.05, 4.69) is 5.32 Å². The summed E-state index contributed by atoms with van der Waals surface area (Å²) in [5.74, 6) is 0.420. The first kappa shape index (κ1) is 20.0. The number of rotatable bonds is 8. The topological polar surface area (TPSA) is 77.8 Å². The summed E-state index contributed by atoms with van der Waals surface area (Å²) < 4.78 is 16.3. The average Bonchev–Trinajstić information content (AvgIpc) is 2.56. The van der Waals surface area contributed by atoms with E-state index in [0.717, 1.165) is 17.4 Å². The summed E-state index contributed by atoms with van der Waals surface area (Å²) in [6.07, 6.45) is 0.878. The van der Waals surface area contributed by atoms with Crippen molar-refractivity contribution in [3.63, 3.8) is 0 Å². The number of fused-ring (bicyclic) bond motifs is 1. The second-order valence-electron chi connectivity index (χ2n) is 6.63. The highest BCUT2D eigenvalue weighted by atomic mass is 16.5. The fraction of sp³-hybridized carbons (Fsp3) is 0.500. The van der Waals surface area contributed by atoms with E-state index in [0.29, 0.717) is 35.6 Å². The third kappa shape index (κ3) is 4.85. The zero-order valence-corrected chi connectivity index (χ0v) is 16.1. The number of ether oxygens (including phenoxy) is 2. The lowest BCUT2D eigenvalue weighted by atomic mass is 10.0. The van der Waals surface area contributed by atoms with Gasteiger partial charge in [0.1, 0.15) is 11.3 Å². The minimum absolute atomic E-state index is 0.0217. The van der Waals surface area contributed by atoms with Crippen LogP contribution in [0.4, 0.5) is 0 Å². The molecule has 0 atom stereocenters. The number of nitrogens with one attached hydrogen (secondary N) is 1. The minimum atomic E-state index is -0.485. The predicted molar refractivity (Wildman–Crippen MR) is 101 cm³/mol. The molecule has 2 rings (SSSR count). The molecule has 1 aromatic carbocycles. The van der Waals surface area contributed by atoms with Crippen molar-refractivity contribution in [1.29, 1.82) is 0 Å². The van der Waals surface area contributed by atoms with Gasteiger partial charge in [0.2, 0.25) is 5.91 Å². The smallest absolute Gasteiger partial charge is 0.340 e. The highest BCUT2D eigenvalue weighted by molar-refractivity contribution is 5.89. The van der Waals surface area contributed by atoms with Crippen molar-refractivity contribution in [2.24, 2.45) is 0 Å². The lowest BCUT2D eigenvalue weighted by molar-refractivity contribution is -0.120. The fourth-order valence-corrected chi connectivity index (χ4v) is 2.84. The van der Waals surface area contributed by atoms with Gasteiger partial charge in [-0.15, -0.1) is 0 Å². The van der Waals surface area contributed by atoms with E-state index in [4.69, 9.17) is 13.9 Å². The van der Waals surface area contributed by atoms with Gasteiger partial charge in [-0.05, 0) is 57.4 Å². The van der Waals surface area contributed by atoms with Gasteiger partial charge in [-0.25, -0.2) is 4.79 Å². The Morgan fingerprint density at radius 2 is 2.00 bits per heavy atom.